The van der Waals surface area contributed by atoms with Crippen LogP contribution in [0.1, 0.15) is 16.8 Å². The van der Waals surface area contributed by atoms with Gasteiger partial charge in [-0.15, -0.1) is 0 Å². The minimum absolute atomic E-state index is 0.146. The summed E-state index contributed by atoms with van der Waals surface area (Å²) in [5, 5.41) is 0. The lowest BCUT2D eigenvalue weighted by Crippen LogP contribution is -2.32. The number of nitrogens with zero attached hydrogens (tertiary/aromatic N) is 1. The quantitative estimate of drug-likeness (QED) is 0.788. The van der Waals surface area contributed by atoms with Gasteiger partial charge in [-0.3, -0.25) is 9.69 Å². The summed E-state index contributed by atoms with van der Waals surface area (Å²) in [5.74, 6) is 0.508. The summed E-state index contributed by atoms with van der Waals surface area (Å²) in [6, 6.07) is 3.00. The van der Waals surface area contributed by atoms with Gasteiger partial charge in [0.25, 0.3) is 0 Å². The van der Waals surface area contributed by atoms with Crippen molar-refractivity contribution in [1.29, 1.82) is 0 Å². The zero-order valence-electron chi connectivity index (χ0n) is 9.99. The fourth-order valence-electron chi connectivity index (χ4n) is 1.96. The fraction of sp³-hybridized carbons (Fsp3) is 0.462. The smallest absolute Gasteiger partial charge is 0.179 e. The molecule has 0 radical (unpaired) electrons. The van der Waals surface area contributed by atoms with Gasteiger partial charge in [-0.25, -0.2) is 8.78 Å². The largest absolute Gasteiger partial charge is 0.295 e. The van der Waals surface area contributed by atoms with E-state index in [1.807, 2.05) is 16.7 Å². The molecular formula is C13H15F2NOS. The Morgan fingerprint density at radius 2 is 2.11 bits per heavy atom. The zero-order valence-corrected chi connectivity index (χ0v) is 10.8. The Labute approximate surface area is 109 Å². The highest BCUT2D eigenvalue weighted by Gasteiger charge is 2.17. The lowest BCUT2D eigenvalue weighted by Gasteiger charge is -2.18. The first-order valence-electron chi connectivity index (χ1n) is 5.95. The third-order valence-electron chi connectivity index (χ3n) is 2.91. The Hall–Kier alpha value is -0.940. The molecule has 1 aromatic carbocycles. The van der Waals surface area contributed by atoms with Gasteiger partial charge in [0.15, 0.2) is 5.78 Å². The molecule has 2 nitrogen and oxygen atoms in total. The molecule has 0 spiro atoms. The van der Waals surface area contributed by atoms with Gasteiger partial charge in [0.05, 0.1) is 12.1 Å². The number of rotatable bonds is 3. The maximum atomic E-state index is 13.4. The van der Waals surface area contributed by atoms with Crippen molar-refractivity contribution < 1.29 is 13.6 Å². The molecule has 0 saturated carbocycles. The summed E-state index contributed by atoms with van der Waals surface area (Å²) >= 11 is 1.86. The van der Waals surface area contributed by atoms with Crippen LogP contribution in [0.5, 0.6) is 0 Å². The molecule has 1 fully saturated rings. The van der Waals surface area contributed by atoms with Crippen LogP contribution in [0, 0.1) is 11.6 Å². The summed E-state index contributed by atoms with van der Waals surface area (Å²) in [4.78, 5) is 13.9. The van der Waals surface area contributed by atoms with Crippen molar-refractivity contribution in [2.75, 3.05) is 31.1 Å². The van der Waals surface area contributed by atoms with Crippen molar-refractivity contribution in [1.82, 2.24) is 4.90 Å². The molecule has 1 heterocycles. The van der Waals surface area contributed by atoms with Crippen molar-refractivity contribution in [2.24, 2.45) is 0 Å². The summed E-state index contributed by atoms with van der Waals surface area (Å²) in [7, 11) is 0. The second-order valence-electron chi connectivity index (χ2n) is 4.29. The number of carbonyl (C=O) groups is 1. The molecule has 1 saturated heterocycles. The second kappa shape index (κ2) is 6.29. The zero-order chi connectivity index (χ0) is 13.0. The maximum absolute atomic E-state index is 13.4. The molecule has 2 rings (SSSR count). The first-order valence-corrected chi connectivity index (χ1v) is 7.10. The molecule has 5 heteroatoms. The Bertz CT molecular complexity index is 431. The van der Waals surface area contributed by atoms with E-state index in [1.165, 1.54) is 0 Å². The molecular weight excluding hydrogens is 256 g/mol. The predicted octanol–water partition coefficient (Wildman–Crippen LogP) is 2.59. The monoisotopic (exact) mass is 271 g/mol. The van der Waals surface area contributed by atoms with Crippen LogP contribution in [0.15, 0.2) is 18.2 Å². The average molecular weight is 271 g/mol. The van der Waals surface area contributed by atoms with E-state index in [2.05, 4.69) is 0 Å². The lowest BCUT2D eigenvalue weighted by atomic mass is 10.1. The summed E-state index contributed by atoms with van der Waals surface area (Å²) in [6.07, 6.45) is 1.03. The lowest BCUT2D eigenvalue weighted by molar-refractivity contribution is 0.0931. The highest BCUT2D eigenvalue weighted by molar-refractivity contribution is 7.99. The number of hydrogen-bond donors (Lipinski definition) is 0. The standard InChI is InChI=1S/C13H15F2NOS/c14-10-2-3-12(15)11(8-10)13(17)9-16-4-1-6-18-7-5-16/h2-3,8H,1,4-7,9H2. The van der Waals surface area contributed by atoms with Crippen LogP contribution in [-0.2, 0) is 0 Å². The van der Waals surface area contributed by atoms with E-state index in [0.29, 0.717) is 0 Å². The van der Waals surface area contributed by atoms with E-state index >= 15 is 0 Å². The van der Waals surface area contributed by atoms with Crippen molar-refractivity contribution >= 4 is 17.5 Å². The van der Waals surface area contributed by atoms with Crippen LogP contribution in [-0.4, -0.2) is 41.8 Å². The number of hydrogen-bond acceptors (Lipinski definition) is 3. The summed E-state index contributed by atoms with van der Waals surface area (Å²) in [5.41, 5.74) is -0.146. The van der Waals surface area contributed by atoms with Crippen LogP contribution in [0.25, 0.3) is 0 Å². The van der Waals surface area contributed by atoms with E-state index in [-0.39, 0.29) is 17.9 Å². The molecule has 0 aromatic heterocycles. The van der Waals surface area contributed by atoms with Gasteiger partial charge < -0.3 is 0 Å². The van der Waals surface area contributed by atoms with Gasteiger partial charge in [-0.2, -0.15) is 11.8 Å². The van der Waals surface area contributed by atoms with Crippen LogP contribution >= 0.6 is 11.8 Å². The predicted molar refractivity (Wildman–Crippen MR) is 69.1 cm³/mol. The van der Waals surface area contributed by atoms with Crippen LogP contribution in [0.3, 0.4) is 0 Å². The van der Waals surface area contributed by atoms with E-state index in [0.717, 1.165) is 49.2 Å². The molecule has 0 bridgehead atoms. The number of ketones is 1. The van der Waals surface area contributed by atoms with Crippen molar-refractivity contribution in [3.63, 3.8) is 0 Å². The average Bonchev–Trinajstić information content (AvgIpc) is 2.61. The SMILES string of the molecule is O=C(CN1CCCSCC1)c1cc(F)ccc1F. The minimum atomic E-state index is -0.648. The van der Waals surface area contributed by atoms with Gasteiger partial charge in [-0.05, 0) is 36.9 Å². The number of Topliss-reactive ketones (excluding diaryl/α,β-unsaturated/α-hetero) is 1. The Kier molecular flexibility index (Phi) is 4.72. The van der Waals surface area contributed by atoms with Gasteiger partial charge in [0, 0.05) is 12.3 Å². The normalized spacial score (nSPS) is 17.4. The van der Waals surface area contributed by atoms with Crippen molar-refractivity contribution in [3.05, 3.63) is 35.4 Å². The van der Waals surface area contributed by atoms with E-state index in [1.54, 1.807) is 0 Å². The molecule has 0 unspecified atom stereocenters. The topological polar surface area (TPSA) is 20.3 Å². The molecule has 1 aliphatic heterocycles. The highest BCUT2D eigenvalue weighted by Crippen LogP contribution is 2.13. The molecule has 0 atom stereocenters. The third kappa shape index (κ3) is 3.53. The van der Waals surface area contributed by atoms with Gasteiger partial charge in [0.2, 0.25) is 0 Å². The summed E-state index contributed by atoms with van der Waals surface area (Å²) < 4.78 is 26.5. The van der Waals surface area contributed by atoms with Crippen LogP contribution < -0.4 is 0 Å². The number of thioether (sulfide) groups is 1. The van der Waals surface area contributed by atoms with Crippen molar-refractivity contribution in [2.45, 2.75) is 6.42 Å². The number of benzene rings is 1. The molecule has 0 N–H and O–H groups in total. The summed E-state index contributed by atoms with van der Waals surface area (Å²) in [6.45, 7) is 1.84. The van der Waals surface area contributed by atoms with Crippen LogP contribution in [0.4, 0.5) is 8.78 Å². The highest BCUT2D eigenvalue weighted by atomic mass is 32.2. The molecule has 1 aromatic rings. The van der Waals surface area contributed by atoms with Gasteiger partial charge in [-0.1, -0.05) is 0 Å². The third-order valence-corrected chi connectivity index (χ3v) is 3.96. The fourth-order valence-corrected chi connectivity index (χ4v) is 2.88. The number of carbonyl (C=O) groups excluding carboxylic acids is 1. The Balaban J connectivity index is 2.04. The van der Waals surface area contributed by atoms with E-state index < -0.39 is 11.6 Å². The molecule has 0 aliphatic carbocycles. The molecule has 98 valence electrons. The first-order chi connectivity index (χ1) is 8.66. The molecule has 18 heavy (non-hydrogen) atoms. The number of halogens is 2. The van der Waals surface area contributed by atoms with Gasteiger partial charge >= 0.3 is 0 Å². The minimum Gasteiger partial charge on any atom is -0.295 e. The van der Waals surface area contributed by atoms with Crippen molar-refractivity contribution in [3.8, 4) is 0 Å². The van der Waals surface area contributed by atoms with E-state index in [9.17, 15) is 13.6 Å². The second-order valence-corrected chi connectivity index (χ2v) is 5.51. The Morgan fingerprint density at radius 1 is 1.28 bits per heavy atom. The molecule has 0 amide bonds. The maximum Gasteiger partial charge on any atom is 0.179 e. The van der Waals surface area contributed by atoms with E-state index in [4.69, 9.17) is 0 Å². The van der Waals surface area contributed by atoms with Crippen LogP contribution in [0.2, 0.25) is 0 Å². The Morgan fingerprint density at radius 3 is 2.94 bits per heavy atom. The van der Waals surface area contributed by atoms with Gasteiger partial charge in [0.1, 0.15) is 11.6 Å². The first kappa shape index (κ1) is 13.5. The molecule has 1 aliphatic rings.